The summed E-state index contributed by atoms with van der Waals surface area (Å²) in [7, 11) is 3.22. The Labute approximate surface area is 262 Å². The third-order valence-electron chi connectivity index (χ3n) is 8.09. The van der Waals surface area contributed by atoms with Crippen LogP contribution in [0.5, 0.6) is 11.5 Å². The molecule has 1 aromatic heterocycles. The number of halogens is 2. The molecule has 44 heavy (non-hydrogen) atoms. The van der Waals surface area contributed by atoms with Crippen molar-refractivity contribution in [3.63, 3.8) is 0 Å². The number of carbonyl (C=O) groups excluding carboxylic acids is 3. The highest BCUT2D eigenvalue weighted by Crippen LogP contribution is 2.48. The molecule has 2 amide bonds. The fraction of sp³-hybridized carbons (Fsp3) is 0.455. The lowest BCUT2D eigenvalue weighted by molar-refractivity contribution is -0.128. The molecule has 2 N–H and O–H groups in total. The van der Waals surface area contributed by atoms with E-state index in [9.17, 15) is 14.4 Å². The summed E-state index contributed by atoms with van der Waals surface area (Å²) in [4.78, 5) is 42.5. The zero-order chi connectivity index (χ0) is 31.9. The summed E-state index contributed by atoms with van der Waals surface area (Å²) in [6, 6.07) is 10.0. The highest BCUT2D eigenvalue weighted by molar-refractivity contribution is 6.67. The first-order valence-corrected chi connectivity index (χ1v) is 15.4. The van der Waals surface area contributed by atoms with Gasteiger partial charge in [0.1, 0.15) is 11.2 Å². The maximum Gasteiger partial charge on any atom is 0.239 e. The summed E-state index contributed by atoms with van der Waals surface area (Å²) >= 11 is 5.59. The minimum Gasteiger partial charge on any atom is -0.493 e. The van der Waals surface area contributed by atoms with Crippen molar-refractivity contribution in [2.75, 3.05) is 45.7 Å². The molecule has 11 heteroatoms. The Morgan fingerprint density at radius 3 is 2.55 bits per heavy atom. The summed E-state index contributed by atoms with van der Waals surface area (Å²) in [6.45, 7) is 6.54. The lowest BCUT2D eigenvalue weighted by Gasteiger charge is -2.32. The highest BCUT2D eigenvalue weighted by Gasteiger charge is 2.55. The van der Waals surface area contributed by atoms with Gasteiger partial charge in [0.05, 0.1) is 25.8 Å². The molecule has 1 aliphatic heterocycles. The number of anilines is 1. The lowest BCUT2D eigenvalue weighted by atomic mass is 9.98. The van der Waals surface area contributed by atoms with E-state index in [0.717, 1.165) is 36.9 Å². The number of amides is 2. The smallest absolute Gasteiger partial charge is 0.239 e. The second kappa shape index (κ2) is 14.8. The first kappa shape index (κ1) is 33.1. The van der Waals surface area contributed by atoms with Crippen LogP contribution in [0.15, 0.2) is 42.6 Å². The fourth-order valence-electron chi connectivity index (χ4n) is 5.42. The van der Waals surface area contributed by atoms with E-state index in [1.54, 1.807) is 32.5 Å². The van der Waals surface area contributed by atoms with E-state index in [1.807, 2.05) is 32.0 Å². The number of nitrogens with one attached hydrogen (secondary N) is 2. The Hall–Kier alpha value is -3.76. The number of hydrogen-bond acceptors (Lipinski definition) is 7. The second-order valence-corrected chi connectivity index (χ2v) is 11.4. The van der Waals surface area contributed by atoms with Gasteiger partial charge in [0.15, 0.2) is 11.5 Å². The minimum atomic E-state index is -1.20. The van der Waals surface area contributed by atoms with Crippen molar-refractivity contribution in [2.24, 2.45) is 11.3 Å². The van der Waals surface area contributed by atoms with E-state index in [4.69, 9.17) is 21.1 Å². The molecule has 1 aliphatic carbocycles. The molecule has 2 heterocycles. The number of aromatic nitrogens is 1. The van der Waals surface area contributed by atoms with Crippen LogP contribution in [-0.4, -0.2) is 67.3 Å². The van der Waals surface area contributed by atoms with Crippen LogP contribution < -0.4 is 20.1 Å². The number of likely N-dealkylation sites (N-methyl/N-ethyl adjacent to an activating group) is 1. The van der Waals surface area contributed by atoms with Crippen molar-refractivity contribution in [1.29, 1.82) is 0 Å². The van der Waals surface area contributed by atoms with Crippen molar-refractivity contribution in [3.05, 3.63) is 59.5 Å². The minimum absolute atomic E-state index is 0.00341. The van der Waals surface area contributed by atoms with Crippen LogP contribution >= 0.6 is 11.6 Å². The first-order valence-electron chi connectivity index (χ1n) is 15.0. The van der Waals surface area contributed by atoms with E-state index < -0.39 is 22.4 Å². The number of fused-ring (bicyclic) bond motifs is 1. The van der Waals surface area contributed by atoms with Crippen LogP contribution in [0.1, 0.15) is 50.7 Å². The fourth-order valence-corrected chi connectivity index (χ4v) is 5.69. The Bertz CT molecular complexity index is 1510. The number of rotatable bonds is 11. The largest absolute Gasteiger partial charge is 0.493 e. The molecule has 2 aliphatic rings. The number of carbonyl (C=O) groups is 3. The standard InChI is InChI=1S/C31H34ClFN4O5.C2H6/c1-34-28(38)17-37-11-3-4-19(16-37)18-42-27-15-25-23(14-26(27)41-2)20(7-10-35-25)12-21-5-6-22(13-24(21)33)36-30(40)31(8-9-31)29(32)39;1-2/h5-7,10,13-15,19H,3-4,8-9,11-12,16-18H2,1-2H3,(H,34,38)(H,36,40);1-2H3. The Balaban J connectivity index is 0.00000216. The third kappa shape index (κ3) is 7.65. The van der Waals surface area contributed by atoms with Crippen LogP contribution in [0.2, 0.25) is 0 Å². The molecule has 1 saturated carbocycles. The van der Waals surface area contributed by atoms with Gasteiger partial charge in [-0.3, -0.25) is 24.3 Å². The van der Waals surface area contributed by atoms with Gasteiger partial charge in [0.2, 0.25) is 17.1 Å². The van der Waals surface area contributed by atoms with Crippen LogP contribution in [-0.2, 0) is 20.8 Å². The molecule has 0 bridgehead atoms. The van der Waals surface area contributed by atoms with E-state index in [0.29, 0.717) is 48.6 Å². The topological polar surface area (TPSA) is 110 Å². The van der Waals surface area contributed by atoms with E-state index >= 15 is 4.39 Å². The molecule has 5 rings (SSSR count). The number of nitrogens with zero attached hydrogens (tertiary/aromatic N) is 2. The molecule has 9 nitrogen and oxygen atoms in total. The van der Waals surface area contributed by atoms with E-state index in [-0.39, 0.29) is 23.9 Å². The maximum atomic E-state index is 15.1. The van der Waals surface area contributed by atoms with Gasteiger partial charge in [-0.2, -0.15) is 0 Å². The number of benzene rings is 2. The molecule has 1 saturated heterocycles. The quantitative estimate of drug-likeness (QED) is 0.219. The Morgan fingerprint density at radius 2 is 1.89 bits per heavy atom. The average molecular weight is 627 g/mol. The number of hydrogen-bond donors (Lipinski definition) is 2. The van der Waals surface area contributed by atoms with Crippen LogP contribution in [0, 0.1) is 17.2 Å². The summed E-state index contributed by atoms with van der Waals surface area (Å²) < 4.78 is 27.0. The number of piperidine rings is 1. The van der Waals surface area contributed by atoms with Gasteiger partial charge in [-0.1, -0.05) is 19.9 Å². The molecule has 2 aromatic carbocycles. The molecule has 0 radical (unpaired) electrons. The van der Waals surface area contributed by atoms with Crippen LogP contribution in [0.4, 0.5) is 10.1 Å². The van der Waals surface area contributed by atoms with Crippen molar-refractivity contribution in [3.8, 4) is 11.5 Å². The zero-order valence-electron chi connectivity index (χ0n) is 25.7. The van der Waals surface area contributed by atoms with Gasteiger partial charge < -0.3 is 20.1 Å². The van der Waals surface area contributed by atoms with E-state index in [2.05, 4.69) is 20.5 Å². The lowest BCUT2D eigenvalue weighted by Crippen LogP contribution is -2.43. The van der Waals surface area contributed by atoms with Gasteiger partial charge >= 0.3 is 0 Å². The number of likely N-dealkylation sites (tertiary alicyclic amines) is 1. The predicted molar refractivity (Wildman–Crippen MR) is 169 cm³/mol. The van der Waals surface area contributed by atoms with Gasteiger partial charge in [-0.25, -0.2) is 4.39 Å². The van der Waals surface area contributed by atoms with Crippen LogP contribution in [0.25, 0.3) is 10.9 Å². The van der Waals surface area contributed by atoms with Crippen LogP contribution in [0.3, 0.4) is 0 Å². The summed E-state index contributed by atoms with van der Waals surface area (Å²) in [5.41, 5.74) is 1.05. The van der Waals surface area contributed by atoms with Gasteiger partial charge in [0, 0.05) is 49.3 Å². The molecule has 2 fully saturated rings. The highest BCUT2D eigenvalue weighted by atomic mass is 35.5. The zero-order valence-corrected chi connectivity index (χ0v) is 26.4. The normalized spacial score (nSPS) is 17.2. The van der Waals surface area contributed by atoms with Crippen molar-refractivity contribution in [1.82, 2.24) is 15.2 Å². The predicted octanol–water partition coefficient (Wildman–Crippen LogP) is 5.32. The maximum absolute atomic E-state index is 15.1. The Morgan fingerprint density at radius 1 is 1.11 bits per heavy atom. The van der Waals surface area contributed by atoms with Gasteiger partial charge in [-0.15, -0.1) is 0 Å². The number of methoxy groups -OCH3 is 1. The summed E-state index contributed by atoms with van der Waals surface area (Å²) in [6.07, 6.45) is 4.77. The molecule has 1 unspecified atom stereocenters. The molecule has 1 atom stereocenters. The van der Waals surface area contributed by atoms with Crippen molar-refractivity contribution < 1.29 is 28.2 Å². The van der Waals surface area contributed by atoms with Crippen molar-refractivity contribution in [2.45, 2.75) is 46.0 Å². The van der Waals surface area contributed by atoms with E-state index in [1.165, 1.54) is 6.07 Å². The molecule has 236 valence electrons. The second-order valence-electron chi connectivity index (χ2n) is 11.0. The molecular formula is C33H40ClFN4O5. The summed E-state index contributed by atoms with van der Waals surface area (Å²) in [5.74, 6) is 0.423. The number of pyridine rings is 1. The number of ether oxygens (including phenoxy) is 2. The van der Waals surface area contributed by atoms with Crippen molar-refractivity contribution >= 4 is 45.2 Å². The van der Waals surface area contributed by atoms with Gasteiger partial charge in [-0.05, 0) is 79.2 Å². The molecular weight excluding hydrogens is 587 g/mol. The first-order chi connectivity index (χ1) is 21.2. The Kier molecular flexibility index (Phi) is 11.2. The SMILES string of the molecule is CC.CNC(=O)CN1CCCC(COc2cc3nccc(Cc4ccc(NC(=O)C5(C(=O)Cl)CC5)cc4F)c3cc2OC)C1. The summed E-state index contributed by atoms with van der Waals surface area (Å²) in [5, 5.41) is 5.41. The molecule has 0 spiro atoms. The van der Waals surface area contributed by atoms with Gasteiger partial charge in [0.25, 0.3) is 0 Å². The monoisotopic (exact) mass is 626 g/mol. The third-order valence-corrected chi connectivity index (χ3v) is 8.46. The average Bonchev–Trinajstić information content (AvgIpc) is 3.85. The molecule has 3 aromatic rings.